The lowest BCUT2D eigenvalue weighted by Gasteiger charge is -2.62. The number of esters is 1. The Morgan fingerprint density at radius 1 is 1.12 bits per heavy atom. The van der Waals surface area contributed by atoms with Gasteiger partial charge in [-0.3, -0.25) is 9.59 Å². The second-order valence-electron chi connectivity index (χ2n) is 11.4. The number of ketones is 1. The van der Waals surface area contributed by atoms with Crippen LogP contribution in [0, 0.1) is 29.1 Å². The molecule has 3 aliphatic rings. The molecule has 2 aliphatic heterocycles. The summed E-state index contributed by atoms with van der Waals surface area (Å²) in [5, 5.41) is 0. The van der Waals surface area contributed by atoms with Crippen LogP contribution in [-0.4, -0.2) is 43.8 Å². The predicted molar refractivity (Wildman–Crippen MR) is 128 cm³/mol. The van der Waals surface area contributed by atoms with E-state index in [4.69, 9.17) is 18.9 Å². The molecule has 1 saturated carbocycles. The van der Waals surface area contributed by atoms with Crippen molar-refractivity contribution in [1.82, 2.24) is 0 Å². The molecule has 3 fully saturated rings. The van der Waals surface area contributed by atoms with E-state index in [9.17, 15) is 9.59 Å². The quantitative estimate of drug-likeness (QED) is 0.404. The van der Waals surface area contributed by atoms with Crippen molar-refractivity contribution < 1.29 is 28.5 Å². The van der Waals surface area contributed by atoms with Crippen LogP contribution in [0.25, 0.3) is 0 Å². The van der Waals surface area contributed by atoms with Gasteiger partial charge in [0.25, 0.3) is 0 Å². The Balaban J connectivity index is 1.55. The summed E-state index contributed by atoms with van der Waals surface area (Å²) in [6, 6.07) is 7.99. The van der Waals surface area contributed by atoms with Gasteiger partial charge in [0.1, 0.15) is 17.8 Å². The molecule has 1 spiro atoms. The predicted octanol–water partition coefficient (Wildman–Crippen LogP) is 5.14. The van der Waals surface area contributed by atoms with E-state index in [1.54, 1.807) is 14.2 Å². The highest BCUT2D eigenvalue weighted by Gasteiger charge is 2.69. The first-order chi connectivity index (χ1) is 16.0. The average Bonchev–Trinajstić information content (AvgIpc) is 2.80. The molecule has 188 valence electrons. The largest absolute Gasteiger partial charge is 0.497 e. The first kappa shape index (κ1) is 25.2. The highest BCUT2D eigenvalue weighted by Crippen LogP contribution is 2.59. The normalized spacial score (nSPS) is 36.3. The molecule has 1 aromatic rings. The standard InChI is InChI=1S/C28H40O6/c1-16(11-12-21(32-7)19-9-8-10-20(13-19)31-6)25-18(3)22-15-28(34-25)23(26(30)33-22)24(29)17(2)14-27(28,4)5/h8-10,13,16-18,21-23,25H,11-12,14-15H2,1-7H3/t16-,17-,18-,21-,22-,23?,25+,28-/m0/s1. The van der Waals surface area contributed by atoms with Gasteiger partial charge in [-0.1, -0.05) is 46.8 Å². The molecule has 6 nitrogen and oxygen atoms in total. The number of hydrogen-bond acceptors (Lipinski definition) is 6. The average molecular weight is 473 g/mol. The Morgan fingerprint density at radius 3 is 2.53 bits per heavy atom. The van der Waals surface area contributed by atoms with E-state index in [0.29, 0.717) is 6.42 Å². The Labute approximate surface area is 203 Å². The molecule has 1 aliphatic carbocycles. The number of methoxy groups -OCH3 is 2. The molecule has 8 atom stereocenters. The zero-order valence-electron chi connectivity index (χ0n) is 21.6. The molecule has 0 amide bonds. The van der Waals surface area contributed by atoms with Crippen molar-refractivity contribution in [2.75, 3.05) is 14.2 Å². The van der Waals surface area contributed by atoms with Crippen LogP contribution >= 0.6 is 0 Å². The first-order valence-corrected chi connectivity index (χ1v) is 12.6. The minimum atomic E-state index is -0.826. The number of carbonyl (C=O) groups is 2. The number of carbonyl (C=O) groups excluding carboxylic acids is 2. The first-order valence-electron chi connectivity index (χ1n) is 12.6. The second-order valence-corrected chi connectivity index (χ2v) is 11.4. The van der Waals surface area contributed by atoms with Crippen molar-refractivity contribution >= 4 is 11.8 Å². The molecule has 2 saturated heterocycles. The summed E-state index contributed by atoms with van der Waals surface area (Å²) in [4.78, 5) is 26.2. The number of rotatable bonds is 7. The molecule has 2 heterocycles. The van der Waals surface area contributed by atoms with Crippen LogP contribution in [0.5, 0.6) is 5.75 Å². The zero-order chi connectivity index (χ0) is 24.8. The van der Waals surface area contributed by atoms with Gasteiger partial charge < -0.3 is 18.9 Å². The third-order valence-electron chi connectivity index (χ3n) is 8.85. The Bertz CT molecular complexity index is 925. The summed E-state index contributed by atoms with van der Waals surface area (Å²) < 4.78 is 24.0. The van der Waals surface area contributed by atoms with Gasteiger partial charge in [-0.05, 0) is 48.3 Å². The van der Waals surface area contributed by atoms with Crippen molar-refractivity contribution in [2.45, 2.75) is 84.2 Å². The zero-order valence-corrected chi connectivity index (χ0v) is 21.6. The number of benzene rings is 1. The lowest BCUT2D eigenvalue weighted by Crippen LogP contribution is -2.72. The van der Waals surface area contributed by atoms with Gasteiger partial charge in [-0.2, -0.15) is 0 Å². The fourth-order valence-corrected chi connectivity index (χ4v) is 6.81. The van der Waals surface area contributed by atoms with Crippen molar-refractivity contribution in [3.8, 4) is 5.75 Å². The number of fused-ring (bicyclic) bond motifs is 1. The molecular weight excluding hydrogens is 432 g/mol. The van der Waals surface area contributed by atoms with Gasteiger partial charge in [-0.25, -0.2) is 0 Å². The summed E-state index contributed by atoms with van der Waals surface area (Å²) >= 11 is 0. The smallest absolute Gasteiger partial charge is 0.319 e. The molecular formula is C28H40O6. The number of ether oxygens (including phenoxy) is 4. The van der Waals surface area contributed by atoms with E-state index in [1.165, 1.54) is 0 Å². The van der Waals surface area contributed by atoms with Crippen molar-refractivity contribution in [3.05, 3.63) is 29.8 Å². The van der Waals surface area contributed by atoms with E-state index in [1.807, 2.05) is 25.1 Å². The highest BCUT2D eigenvalue weighted by atomic mass is 16.6. The van der Waals surface area contributed by atoms with Crippen LogP contribution < -0.4 is 4.74 Å². The maximum Gasteiger partial charge on any atom is 0.319 e. The Hall–Kier alpha value is -1.92. The molecule has 2 bridgehead atoms. The highest BCUT2D eigenvalue weighted by molar-refractivity contribution is 6.03. The SMILES string of the molecule is COc1cccc([C@H](CC[C@H](C)[C@H]2O[C@@]34C[C@H](OC(=O)C3C(=O)[C@@H](C)CC4(C)C)[C@@H]2C)OC)c1. The van der Waals surface area contributed by atoms with Gasteiger partial charge in [0.2, 0.25) is 0 Å². The van der Waals surface area contributed by atoms with Crippen LogP contribution in [0.3, 0.4) is 0 Å². The van der Waals surface area contributed by atoms with Crippen LogP contribution in [0.1, 0.15) is 72.0 Å². The molecule has 4 rings (SSSR count). The summed E-state index contributed by atoms with van der Waals surface area (Å²) in [6.45, 7) is 10.5. The van der Waals surface area contributed by atoms with Gasteiger partial charge in [0.15, 0.2) is 5.78 Å². The summed E-state index contributed by atoms with van der Waals surface area (Å²) in [6.07, 6.45) is 2.67. The maximum absolute atomic E-state index is 13.2. The second kappa shape index (κ2) is 9.27. The number of hydrogen-bond donors (Lipinski definition) is 0. The summed E-state index contributed by atoms with van der Waals surface area (Å²) in [7, 11) is 3.40. The molecule has 0 N–H and O–H groups in total. The van der Waals surface area contributed by atoms with Gasteiger partial charge in [0.05, 0.1) is 24.9 Å². The molecule has 1 aromatic carbocycles. The van der Waals surface area contributed by atoms with E-state index in [2.05, 4.69) is 33.8 Å². The topological polar surface area (TPSA) is 71.1 Å². The lowest BCUT2D eigenvalue weighted by molar-refractivity contribution is -0.296. The van der Waals surface area contributed by atoms with Crippen LogP contribution in [-0.2, 0) is 23.8 Å². The van der Waals surface area contributed by atoms with Crippen molar-refractivity contribution in [3.63, 3.8) is 0 Å². The fraction of sp³-hybridized carbons (Fsp3) is 0.714. The maximum atomic E-state index is 13.2. The van der Waals surface area contributed by atoms with Crippen LogP contribution in [0.4, 0.5) is 0 Å². The third-order valence-corrected chi connectivity index (χ3v) is 8.85. The lowest BCUT2D eigenvalue weighted by atomic mass is 9.52. The van der Waals surface area contributed by atoms with Crippen LogP contribution in [0.2, 0.25) is 0 Å². The summed E-state index contributed by atoms with van der Waals surface area (Å²) in [5.41, 5.74) is -0.00419. The van der Waals surface area contributed by atoms with E-state index in [0.717, 1.165) is 30.6 Å². The van der Waals surface area contributed by atoms with Crippen molar-refractivity contribution in [1.29, 1.82) is 0 Å². The van der Waals surface area contributed by atoms with E-state index >= 15 is 0 Å². The summed E-state index contributed by atoms with van der Waals surface area (Å²) in [5.74, 6) is -0.325. The minimum absolute atomic E-state index is 0.0267. The van der Waals surface area contributed by atoms with Crippen molar-refractivity contribution in [2.24, 2.45) is 29.1 Å². The minimum Gasteiger partial charge on any atom is -0.497 e. The Morgan fingerprint density at radius 2 is 1.85 bits per heavy atom. The molecule has 0 aromatic heterocycles. The Kier molecular flexibility index (Phi) is 6.87. The van der Waals surface area contributed by atoms with E-state index in [-0.39, 0.29) is 47.3 Å². The number of Topliss-reactive ketones (excluding diaryl/α,β-unsaturated/α-hetero) is 1. The van der Waals surface area contributed by atoms with Gasteiger partial charge in [0, 0.05) is 25.4 Å². The van der Waals surface area contributed by atoms with Gasteiger partial charge in [-0.15, -0.1) is 0 Å². The molecule has 1 unspecified atom stereocenters. The molecule has 0 radical (unpaired) electrons. The monoisotopic (exact) mass is 472 g/mol. The van der Waals surface area contributed by atoms with Crippen LogP contribution in [0.15, 0.2) is 24.3 Å². The third kappa shape index (κ3) is 4.07. The molecule has 34 heavy (non-hydrogen) atoms. The molecule has 6 heteroatoms. The van der Waals surface area contributed by atoms with Gasteiger partial charge >= 0.3 is 5.97 Å². The van der Waals surface area contributed by atoms with E-state index < -0.39 is 17.5 Å². The fourth-order valence-electron chi connectivity index (χ4n) is 6.81.